The first-order valence-electron chi connectivity index (χ1n) is 7.19. The average Bonchev–Trinajstić information content (AvgIpc) is 2.65. The van der Waals surface area contributed by atoms with Crippen LogP contribution in [0.25, 0.3) is 0 Å². The van der Waals surface area contributed by atoms with Crippen LogP contribution in [0.1, 0.15) is 32.1 Å². The van der Waals surface area contributed by atoms with Crippen LogP contribution >= 0.6 is 0 Å². The maximum Gasteiger partial charge on any atom is 0.0343 e. The van der Waals surface area contributed by atoms with E-state index in [4.69, 9.17) is 11.5 Å². The van der Waals surface area contributed by atoms with Gasteiger partial charge in [-0.1, -0.05) is 6.08 Å². The monoisotopic (exact) mass is 255 g/mol. The normalized spacial score (nSPS) is 19.2. The summed E-state index contributed by atoms with van der Waals surface area (Å²) >= 11 is 0. The smallest absolute Gasteiger partial charge is 0.0343 e. The van der Waals surface area contributed by atoms with Crippen molar-refractivity contribution in [3.8, 4) is 0 Å². The molecule has 0 saturated carbocycles. The SMILES string of the molecule is C1=C2CCCCNN2CCC1.NCCNCCN. The molecule has 0 spiro atoms. The second kappa shape index (κ2) is 10.3. The highest BCUT2D eigenvalue weighted by molar-refractivity contribution is 5.04. The van der Waals surface area contributed by atoms with Crippen molar-refractivity contribution >= 4 is 0 Å². The first-order chi connectivity index (χ1) is 8.88. The van der Waals surface area contributed by atoms with Crippen LogP contribution < -0.4 is 22.2 Å². The Morgan fingerprint density at radius 3 is 2.67 bits per heavy atom. The van der Waals surface area contributed by atoms with Crippen molar-refractivity contribution in [3.05, 3.63) is 11.8 Å². The molecule has 2 aliphatic heterocycles. The van der Waals surface area contributed by atoms with Crippen molar-refractivity contribution < 1.29 is 0 Å². The molecule has 0 aliphatic carbocycles. The quantitative estimate of drug-likeness (QED) is 0.538. The highest BCUT2D eigenvalue weighted by Crippen LogP contribution is 2.19. The number of nitrogens with zero attached hydrogens (tertiary/aromatic N) is 1. The molecule has 0 aromatic carbocycles. The van der Waals surface area contributed by atoms with Crippen LogP contribution in [0.3, 0.4) is 0 Å². The fourth-order valence-corrected chi connectivity index (χ4v) is 2.16. The van der Waals surface area contributed by atoms with Gasteiger partial charge in [0.1, 0.15) is 0 Å². The van der Waals surface area contributed by atoms with E-state index in [0.29, 0.717) is 13.1 Å². The topological polar surface area (TPSA) is 79.3 Å². The minimum Gasteiger partial charge on any atom is -0.329 e. The molecule has 0 unspecified atom stereocenters. The summed E-state index contributed by atoms with van der Waals surface area (Å²) in [5.74, 6) is 0. The Hall–Kier alpha value is -0.620. The Labute approximate surface area is 111 Å². The predicted octanol–water partition coefficient (Wildman–Crippen LogP) is 0.148. The van der Waals surface area contributed by atoms with Gasteiger partial charge >= 0.3 is 0 Å². The molecular weight excluding hydrogens is 226 g/mol. The Bertz CT molecular complexity index is 225. The van der Waals surface area contributed by atoms with E-state index in [-0.39, 0.29) is 0 Å². The number of hydrogen-bond donors (Lipinski definition) is 4. The molecule has 1 fully saturated rings. The Morgan fingerprint density at radius 2 is 1.94 bits per heavy atom. The third kappa shape index (κ3) is 6.35. The van der Waals surface area contributed by atoms with E-state index in [0.717, 1.165) is 19.6 Å². The van der Waals surface area contributed by atoms with Crippen molar-refractivity contribution in [3.63, 3.8) is 0 Å². The minimum atomic E-state index is 0.694. The van der Waals surface area contributed by atoms with Gasteiger partial charge in [0.2, 0.25) is 0 Å². The van der Waals surface area contributed by atoms with E-state index in [1.54, 1.807) is 0 Å². The van der Waals surface area contributed by atoms with Crippen LogP contribution in [0, 0.1) is 0 Å². The number of nitrogens with one attached hydrogen (secondary N) is 2. The Morgan fingerprint density at radius 1 is 1.17 bits per heavy atom. The molecule has 6 N–H and O–H groups in total. The van der Waals surface area contributed by atoms with E-state index >= 15 is 0 Å². The highest BCUT2D eigenvalue weighted by atomic mass is 15.5. The van der Waals surface area contributed by atoms with E-state index in [2.05, 4.69) is 21.8 Å². The number of allylic oxidation sites excluding steroid dienone is 2. The van der Waals surface area contributed by atoms with Crippen molar-refractivity contribution in [2.24, 2.45) is 11.5 Å². The summed E-state index contributed by atoms with van der Waals surface area (Å²) < 4.78 is 0. The predicted molar refractivity (Wildman–Crippen MR) is 76.9 cm³/mol. The number of nitrogens with two attached hydrogens (primary N) is 2. The summed E-state index contributed by atoms with van der Waals surface area (Å²) in [5, 5.41) is 5.38. The lowest BCUT2D eigenvalue weighted by Gasteiger charge is -2.28. The molecular formula is C13H29N5. The third-order valence-electron chi connectivity index (χ3n) is 3.12. The summed E-state index contributed by atoms with van der Waals surface area (Å²) in [5.41, 5.74) is 15.3. The van der Waals surface area contributed by atoms with Crippen molar-refractivity contribution in [1.29, 1.82) is 0 Å². The van der Waals surface area contributed by atoms with E-state index in [1.165, 1.54) is 44.3 Å². The second-order valence-corrected chi connectivity index (χ2v) is 4.68. The third-order valence-corrected chi connectivity index (χ3v) is 3.12. The lowest BCUT2D eigenvalue weighted by molar-refractivity contribution is 0.237. The van der Waals surface area contributed by atoms with Gasteiger partial charge < -0.3 is 21.8 Å². The van der Waals surface area contributed by atoms with Crippen molar-refractivity contribution in [2.75, 3.05) is 39.3 Å². The molecule has 2 heterocycles. The zero-order valence-corrected chi connectivity index (χ0v) is 11.5. The summed E-state index contributed by atoms with van der Waals surface area (Å²) in [6, 6.07) is 0. The van der Waals surface area contributed by atoms with Gasteiger partial charge in [0, 0.05) is 45.0 Å². The lowest BCUT2D eigenvalue weighted by atomic mass is 10.1. The van der Waals surface area contributed by atoms with Crippen molar-refractivity contribution in [2.45, 2.75) is 32.1 Å². The summed E-state index contributed by atoms with van der Waals surface area (Å²) in [6.07, 6.45) is 8.96. The first-order valence-corrected chi connectivity index (χ1v) is 7.19. The van der Waals surface area contributed by atoms with Crippen molar-refractivity contribution in [1.82, 2.24) is 15.8 Å². The number of rotatable bonds is 4. The zero-order valence-electron chi connectivity index (χ0n) is 11.5. The molecule has 0 amide bonds. The maximum atomic E-state index is 5.17. The molecule has 5 heteroatoms. The van der Waals surface area contributed by atoms with Gasteiger partial charge in [0.05, 0.1) is 0 Å². The molecule has 2 rings (SSSR count). The average molecular weight is 255 g/mol. The maximum absolute atomic E-state index is 5.17. The van der Waals surface area contributed by atoms with Crippen LogP contribution in [0.4, 0.5) is 0 Å². The minimum absolute atomic E-state index is 0.694. The molecule has 0 aromatic rings. The van der Waals surface area contributed by atoms with Gasteiger partial charge in [-0.05, 0) is 32.1 Å². The van der Waals surface area contributed by atoms with Crippen LogP contribution in [0.15, 0.2) is 11.8 Å². The Balaban J connectivity index is 0.000000203. The number of hydrazine groups is 1. The first kappa shape index (κ1) is 15.4. The second-order valence-electron chi connectivity index (χ2n) is 4.68. The van der Waals surface area contributed by atoms with Crippen LogP contribution in [0.5, 0.6) is 0 Å². The van der Waals surface area contributed by atoms with Gasteiger partial charge in [0.25, 0.3) is 0 Å². The standard InChI is InChI=1S/C9H16N2.C4H13N3/c1-3-7-10-11-8-4-2-6-9(11)5-1;5-1-3-7-4-2-6/h6,10H,1-5,7-8H2;7H,1-6H2. The molecule has 5 nitrogen and oxygen atoms in total. The van der Waals surface area contributed by atoms with Crippen LogP contribution in [0.2, 0.25) is 0 Å². The van der Waals surface area contributed by atoms with E-state index < -0.39 is 0 Å². The zero-order chi connectivity index (χ0) is 13.1. The molecule has 106 valence electrons. The van der Waals surface area contributed by atoms with Gasteiger partial charge in [-0.2, -0.15) is 0 Å². The summed E-state index contributed by atoms with van der Waals surface area (Å²) in [7, 11) is 0. The van der Waals surface area contributed by atoms with Gasteiger partial charge in [-0.3, -0.25) is 0 Å². The summed E-state index contributed by atoms with van der Waals surface area (Å²) in [4.78, 5) is 0. The van der Waals surface area contributed by atoms with E-state index in [9.17, 15) is 0 Å². The molecule has 18 heavy (non-hydrogen) atoms. The molecule has 1 saturated heterocycles. The fraction of sp³-hybridized carbons (Fsp3) is 0.846. The largest absolute Gasteiger partial charge is 0.329 e. The van der Waals surface area contributed by atoms with Gasteiger partial charge in [-0.15, -0.1) is 0 Å². The number of fused-ring (bicyclic) bond motifs is 1. The van der Waals surface area contributed by atoms with E-state index in [1.807, 2.05) is 0 Å². The Kier molecular flexibility index (Phi) is 8.85. The molecule has 2 aliphatic rings. The van der Waals surface area contributed by atoms with Crippen LogP contribution in [-0.4, -0.2) is 44.3 Å². The van der Waals surface area contributed by atoms with Crippen LogP contribution in [-0.2, 0) is 0 Å². The van der Waals surface area contributed by atoms with Gasteiger partial charge in [-0.25, -0.2) is 5.43 Å². The summed E-state index contributed by atoms with van der Waals surface area (Å²) in [6.45, 7) is 5.51. The lowest BCUT2D eigenvalue weighted by Crippen LogP contribution is -2.38. The molecule has 0 aromatic heterocycles. The molecule has 0 radical (unpaired) electrons. The van der Waals surface area contributed by atoms with Gasteiger partial charge in [0.15, 0.2) is 0 Å². The molecule has 0 atom stereocenters. The molecule has 0 bridgehead atoms. The number of hydrogen-bond acceptors (Lipinski definition) is 5. The fourth-order valence-electron chi connectivity index (χ4n) is 2.16. The highest BCUT2D eigenvalue weighted by Gasteiger charge is 2.14.